The van der Waals surface area contributed by atoms with Gasteiger partial charge in [-0.15, -0.1) is 0 Å². The Bertz CT molecular complexity index is 567. The molecule has 21 heavy (non-hydrogen) atoms. The first-order chi connectivity index (χ1) is 9.93. The molecule has 0 aliphatic carbocycles. The molecule has 1 aliphatic rings. The molecular formula is C14H16BrClN2O3. The molecule has 0 spiro atoms. The number of halogens is 2. The lowest BCUT2D eigenvalue weighted by Gasteiger charge is -2.23. The third kappa shape index (κ3) is 3.49. The van der Waals surface area contributed by atoms with Gasteiger partial charge in [-0.1, -0.05) is 11.6 Å². The third-order valence-corrected chi connectivity index (χ3v) is 4.82. The molecule has 2 amide bonds. The van der Waals surface area contributed by atoms with Gasteiger partial charge in [0.15, 0.2) is 0 Å². The minimum Gasteiger partial charge on any atom is -0.508 e. The van der Waals surface area contributed by atoms with E-state index in [9.17, 15) is 14.7 Å². The largest absolute Gasteiger partial charge is 0.508 e. The van der Waals surface area contributed by atoms with Gasteiger partial charge in [0.1, 0.15) is 11.8 Å². The maximum Gasteiger partial charge on any atom is 0.243 e. The van der Waals surface area contributed by atoms with Crippen molar-refractivity contribution in [1.82, 2.24) is 10.2 Å². The fourth-order valence-electron chi connectivity index (χ4n) is 2.48. The third-order valence-electron chi connectivity index (χ3n) is 3.63. The molecule has 1 unspecified atom stereocenters. The van der Waals surface area contributed by atoms with E-state index in [1.54, 1.807) is 13.0 Å². The normalized spacial score (nSPS) is 19.4. The quantitative estimate of drug-likeness (QED) is 0.795. The highest BCUT2D eigenvalue weighted by molar-refractivity contribution is 9.10. The Morgan fingerprint density at radius 3 is 3.00 bits per heavy atom. The van der Waals surface area contributed by atoms with E-state index in [1.165, 1.54) is 11.0 Å². The Morgan fingerprint density at radius 1 is 1.62 bits per heavy atom. The zero-order valence-electron chi connectivity index (χ0n) is 11.5. The summed E-state index contributed by atoms with van der Waals surface area (Å²) >= 11 is 9.19. The van der Waals surface area contributed by atoms with Crippen molar-refractivity contribution in [1.29, 1.82) is 0 Å². The molecule has 2 N–H and O–H groups in total. The van der Waals surface area contributed by atoms with Crippen molar-refractivity contribution in [2.24, 2.45) is 0 Å². The van der Waals surface area contributed by atoms with Gasteiger partial charge in [0.2, 0.25) is 12.3 Å². The highest BCUT2D eigenvalue weighted by Gasteiger charge is 2.30. The van der Waals surface area contributed by atoms with Crippen molar-refractivity contribution in [3.63, 3.8) is 0 Å². The first kappa shape index (κ1) is 16.1. The number of nitrogens with one attached hydrogen (secondary N) is 1. The molecule has 2 rings (SSSR count). The first-order valence-electron chi connectivity index (χ1n) is 6.63. The van der Waals surface area contributed by atoms with Gasteiger partial charge in [-0.25, -0.2) is 0 Å². The number of aromatic hydroxyl groups is 1. The van der Waals surface area contributed by atoms with Gasteiger partial charge in [0.25, 0.3) is 0 Å². The zero-order valence-corrected chi connectivity index (χ0v) is 13.8. The summed E-state index contributed by atoms with van der Waals surface area (Å²) in [5.74, 6) is -0.188. The predicted molar refractivity (Wildman–Crippen MR) is 83.2 cm³/mol. The summed E-state index contributed by atoms with van der Waals surface area (Å²) in [5.41, 5.74) is 0.565. The van der Waals surface area contributed by atoms with Crippen LogP contribution in [0.1, 0.15) is 31.4 Å². The fraction of sp³-hybridized carbons (Fsp3) is 0.429. The highest BCUT2D eigenvalue weighted by atomic mass is 79.9. The summed E-state index contributed by atoms with van der Waals surface area (Å²) in [4.78, 5) is 24.6. The van der Waals surface area contributed by atoms with Crippen LogP contribution < -0.4 is 5.32 Å². The number of benzene rings is 1. The molecule has 5 nitrogen and oxygen atoms in total. The van der Waals surface area contributed by atoms with Crippen LogP contribution in [-0.2, 0) is 9.59 Å². The van der Waals surface area contributed by atoms with Gasteiger partial charge in [-0.2, -0.15) is 0 Å². The Hall–Kier alpha value is -1.27. The summed E-state index contributed by atoms with van der Waals surface area (Å²) in [6.45, 7) is 2.38. The smallest absolute Gasteiger partial charge is 0.243 e. The van der Waals surface area contributed by atoms with E-state index in [0.717, 1.165) is 6.42 Å². The number of hydrogen-bond acceptors (Lipinski definition) is 3. The topological polar surface area (TPSA) is 69.6 Å². The molecule has 1 saturated heterocycles. The molecule has 1 aromatic carbocycles. The second kappa shape index (κ2) is 6.66. The Morgan fingerprint density at radius 2 is 2.33 bits per heavy atom. The minimum atomic E-state index is -0.428. The van der Waals surface area contributed by atoms with Crippen LogP contribution in [-0.4, -0.2) is 34.9 Å². The van der Waals surface area contributed by atoms with E-state index in [4.69, 9.17) is 11.6 Å². The van der Waals surface area contributed by atoms with E-state index >= 15 is 0 Å². The molecule has 1 aromatic rings. The number of nitrogens with zero attached hydrogens (tertiary/aromatic N) is 1. The number of carbonyl (C=O) groups is 2. The summed E-state index contributed by atoms with van der Waals surface area (Å²) in [5, 5.41) is 13.2. The van der Waals surface area contributed by atoms with Gasteiger partial charge in [0.05, 0.1) is 11.1 Å². The van der Waals surface area contributed by atoms with Crippen LogP contribution in [0.4, 0.5) is 0 Å². The molecule has 1 fully saturated rings. The number of phenolic OH excluding ortho intramolecular Hbond substituents is 1. The number of hydrogen-bond donors (Lipinski definition) is 2. The predicted octanol–water partition coefficient (Wildman–Crippen LogP) is 2.61. The molecule has 0 bridgehead atoms. The molecule has 0 saturated carbocycles. The van der Waals surface area contributed by atoms with Crippen molar-refractivity contribution in [3.8, 4) is 5.75 Å². The molecule has 1 aliphatic heterocycles. The van der Waals surface area contributed by atoms with Crippen LogP contribution >= 0.6 is 27.5 Å². The second-order valence-electron chi connectivity index (χ2n) is 5.06. The van der Waals surface area contributed by atoms with E-state index in [-0.39, 0.29) is 17.7 Å². The summed E-state index contributed by atoms with van der Waals surface area (Å²) in [6, 6.07) is 2.29. The molecular weight excluding hydrogens is 360 g/mol. The van der Waals surface area contributed by atoms with Crippen molar-refractivity contribution >= 4 is 39.8 Å². The van der Waals surface area contributed by atoms with Crippen LogP contribution in [0, 0.1) is 0 Å². The molecule has 7 heteroatoms. The van der Waals surface area contributed by atoms with E-state index in [0.29, 0.717) is 34.4 Å². The number of amides is 2. The molecule has 1 heterocycles. The van der Waals surface area contributed by atoms with Gasteiger partial charge in [-0.3, -0.25) is 9.59 Å². The first-order valence-corrected chi connectivity index (χ1v) is 7.80. The van der Waals surface area contributed by atoms with Crippen LogP contribution in [0.5, 0.6) is 5.75 Å². The lowest BCUT2D eigenvalue weighted by atomic mass is 10.1. The van der Waals surface area contributed by atoms with Gasteiger partial charge in [-0.05, 0) is 47.8 Å². The Labute approximate surface area is 136 Å². The SMILES string of the molecule is C[C@H](NC(=O)C1CCCN1C=O)c1cc(Br)c(Cl)cc1O. The monoisotopic (exact) mass is 374 g/mol. The van der Waals surface area contributed by atoms with E-state index in [2.05, 4.69) is 21.2 Å². The number of likely N-dealkylation sites (tertiary alicyclic amines) is 1. The minimum absolute atomic E-state index is 0.0228. The standard InChI is InChI=1S/C14H16BrClN2O3/c1-8(9-5-10(15)11(16)6-13(9)20)17-14(21)12-3-2-4-18(12)7-19/h5-8,12,20H,2-4H2,1H3,(H,17,21)/t8-,12?/m0/s1. The van der Waals surface area contributed by atoms with E-state index < -0.39 is 6.04 Å². The summed E-state index contributed by atoms with van der Waals surface area (Å²) in [6.07, 6.45) is 2.19. The lowest BCUT2D eigenvalue weighted by molar-refractivity contribution is -0.131. The maximum atomic E-state index is 12.2. The van der Waals surface area contributed by atoms with E-state index in [1.807, 2.05) is 0 Å². The Kier molecular flexibility index (Phi) is 5.11. The second-order valence-corrected chi connectivity index (χ2v) is 6.32. The summed E-state index contributed by atoms with van der Waals surface area (Å²) < 4.78 is 0.647. The Balaban J connectivity index is 2.11. The average Bonchev–Trinajstić information content (AvgIpc) is 2.91. The van der Waals surface area contributed by atoms with Crippen LogP contribution in [0.25, 0.3) is 0 Å². The fourth-order valence-corrected chi connectivity index (χ4v) is 3.00. The van der Waals surface area contributed by atoms with Crippen molar-refractivity contribution < 1.29 is 14.7 Å². The molecule has 2 atom stereocenters. The zero-order chi connectivity index (χ0) is 15.6. The maximum absolute atomic E-state index is 12.2. The van der Waals surface area contributed by atoms with Gasteiger partial charge < -0.3 is 15.3 Å². The van der Waals surface area contributed by atoms with Crippen molar-refractivity contribution in [3.05, 3.63) is 27.2 Å². The number of rotatable bonds is 4. The number of phenols is 1. The lowest BCUT2D eigenvalue weighted by Crippen LogP contribution is -2.43. The van der Waals surface area contributed by atoms with Crippen LogP contribution in [0.3, 0.4) is 0 Å². The summed E-state index contributed by atoms with van der Waals surface area (Å²) in [7, 11) is 0. The highest BCUT2D eigenvalue weighted by Crippen LogP contribution is 2.33. The van der Waals surface area contributed by atoms with Gasteiger partial charge >= 0.3 is 0 Å². The molecule has 0 aromatic heterocycles. The van der Waals surface area contributed by atoms with Crippen molar-refractivity contribution in [2.45, 2.75) is 31.8 Å². The average molecular weight is 376 g/mol. The molecule has 114 valence electrons. The van der Waals surface area contributed by atoms with Gasteiger partial charge in [0, 0.05) is 16.6 Å². The van der Waals surface area contributed by atoms with Crippen molar-refractivity contribution in [2.75, 3.05) is 6.54 Å². The van der Waals surface area contributed by atoms with Crippen LogP contribution in [0.2, 0.25) is 5.02 Å². The molecule has 0 radical (unpaired) electrons. The number of carbonyl (C=O) groups excluding carboxylic acids is 2. The van der Waals surface area contributed by atoms with Crippen LogP contribution in [0.15, 0.2) is 16.6 Å².